The van der Waals surface area contributed by atoms with Crippen molar-refractivity contribution in [3.8, 4) is 0 Å². The largest absolute Gasteiger partial charge is 0.465 e. The minimum atomic E-state index is -0.905. The Kier molecular flexibility index (Phi) is 9.36. The Morgan fingerprint density at radius 1 is 1.03 bits per heavy atom. The summed E-state index contributed by atoms with van der Waals surface area (Å²) in [5.74, 6) is -1.87. The van der Waals surface area contributed by atoms with Gasteiger partial charge in [0.05, 0.1) is 13.2 Å². The Balaban J connectivity index is 1.86. The molecule has 1 aliphatic carbocycles. The fraction of sp³-hybridized carbons (Fsp3) is 0.444. The van der Waals surface area contributed by atoms with Crippen molar-refractivity contribution in [3.63, 3.8) is 0 Å². The predicted molar refractivity (Wildman–Crippen MR) is 129 cm³/mol. The van der Waals surface area contributed by atoms with Gasteiger partial charge in [-0.2, -0.15) is 0 Å². The second-order valence-corrected chi connectivity index (χ2v) is 8.71. The molecule has 0 bridgehead atoms. The zero-order chi connectivity index (χ0) is 24.5. The minimum absolute atomic E-state index is 0.0713. The molecule has 7 nitrogen and oxygen atoms in total. The van der Waals surface area contributed by atoms with Gasteiger partial charge >= 0.3 is 17.9 Å². The molecule has 0 fully saturated rings. The SMILES string of the molecule is CCOC(=O)C(CCc1ccccc1)N(CC(=O)OC(=O)[C@H](C)N)C1CCc2ccccc2C1. The van der Waals surface area contributed by atoms with Crippen molar-refractivity contribution in [3.05, 3.63) is 71.3 Å². The first kappa shape index (κ1) is 25.6. The van der Waals surface area contributed by atoms with Crippen LogP contribution in [0.15, 0.2) is 54.6 Å². The first-order valence-corrected chi connectivity index (χ1v) is 11.9. The summed E-state index contributed by atoms with van der Waals surface area (Å²) in [6.07, 6.45) is 3.46. The highest BCUT2D eigenvalue weighted by Gasteiger charge is 2.36. The molecule has 7 heteroatoms. The predicted octanol–water partition coefficient (Wildman–Crippen LogP) is 2.83. The number of benzene rings is 2. The van der Waals surface area contributed by atoms with Crippen LogP contribution in [0.5, 0.6) is 0 Å². The van der Waals surface area contributed by atoms with Gasteiger partial charge in [0.25, 0.3) is 0 Å². The lowest BCUT2D eigenvalue weighted by Crippen LogP contribution is -2.52. The monoisotopic (exact) mass is 466 g/mol. The first-order chi connectivity index (χ1) is 16.4. The van der Waals surface area contributed by atoms with E-state index in [-0.39, 0.29) is 25.2 Å². The first-order valence-electron chi connectivity index (χ1n) is 11.9. The Morgan fingerprint density at radius 2 is 1.71 bits per heavy atom. The summed E-state index contributed by atoms with van der Waals surface area (Å²) in [5, 5.41) is 0. The molecule has 0 spiro atoms. The average molecular weight is 467 g/mol. The van der Waals surface area contributed by atoms with E-state index in [1.54, 1.807) is 6.92 Å². The topological polar surface area (TPSA) is 98.9 Å². The van der Waals surface area contributed by atoms with Crippen molar-refractivity contribution in [1.82, 2.24) is 4.90 Å². The quantitative estimate of drug-likeness (QED) is 0.425. The van der Waals surface area contributed by atoms with Crippen molar-refractivity contribution in [2.45, 2.75) is 64.1 Å². The van der Waals surface area contributed by atoms with Crippen LogP contribution in [-0.2, 0) is 43.1 Å². The zero-order valence-electron chi connectivity index (χ0n) is 19.9. The number of hydrogen-bond acceptors (Lipinski definition) is 7. The Morgan fingerprint density at radius 3 is 2.38 bits per heavy atom. The van der Waals surface area contributed by atoms with Gasteiger partial charge in [0.2, 0.25) is 0 Å². The molecule has 0 radical (unpaired) electrons. The van der Waals surface area contributed by atoms with E-state index < -0.39 is 24.0 Å². The smallest absolute Gasteiger partial charge is 0.330 e. The standard InChI is InChI=1S/C27H34N2O5/c1-3-33-27(32)24(16-13-20-9-5-4-6-10-20)29(18-25(30)34-26(31)19(2)28)23-15-14-21-11-7-8-12-22(21)17-23/h4-12,19,23-24H,3,13-18,28H2,1-2H3/t19-,23?,24?/m0/s1. The summed E-state index contributed by atoms with van der Waals surface area (Å²) in [7, 11) is 0. The van der Waals surface area contributed by atoms with E-state index in [0.29, 0.717) is 19.3 Å². The highest BCUT2D eigenvalue weighted by Crippen LogP contribution is 2.27. The van der Waals surface area contributed by atoms with Crippen molar-refractivity contribution in [1.29, 1.82) is 0 Å². The highest BCUT2D eigenvalue weighted by molar-refractivity contribution is 5.89. The molecule has 2 unspecified atom stereocenters. The number of nitrogens with zero attached hydrogens (tertiary/aromatic N) is 1. The molecule has 2 aromatic rings. The summed E-state index contributed by atoms with van der Waals surface area (Å²) in [6.45, 7) is 3.29. The number of nitrogens with two attached hydrogens (primary N) is 1. The molecular weight excluding hydrogens is 432 g/mol. The van der Waals surface area contributed by atoms with Gasteiger partial charge in [0, 0.05) is 6.04 Å². The molecule has 0 amide bonds. The average Bonchev–Trinajstić information content (AvgIpc) is 2.83. The number of rotatable bonds is 10. The summed E-state index contributed by atoms with van der Waals surface area (Å²) in [4.78, 5) is 39.6. The second kappa shape index (κ2) is 12.4. The third-order valence-electron chi connectivity index (χ3n) is 6.20. The molecule has 0 aromatic heterocycles. The zero-order valence-corrected chi connectivity index (χ0v) is 19.9. The Hall–Kier alpha value is -3.03. The normalized spacial score (nSPS) is 16.9. The van der Waals surface area contributed by atoms with Crippen molar-refractivity contribution in [2.75, 3.05) is 13.2 Å². The van der Waals surface area contributed by atoms with E-state index in [0.717, 1.165) is 18.4 Å². The third kappa shape index (κ3) is 6.98. The van der Waals surface area contributed by atoms with Crippen LogP contribution in [0.4, 0.5) is 0 Å². The maximum Gasteiger partial charge on any atom is 0.330 e. The van der Waals surface area contributed by atoms with E-state index >= 15 is 0 Å². The molecule has 182 valence electrons. The van der Waals surface area contributed by atoms with Crippen LogP contribution in [-0.4, -0.2) is 54.1 Å². The molecule has 2 N–H and O–H groups in total. The van der Waals surface area contributed by atoms with Crippen LogP contribution in [0.1, 0.15) is 43.4 Å². The number of carbonyl (C=O) groups is 3. The number of esters is 3. The third-order valence-corrected chi connectivity index (χ3v) is 6.20. The fourth-order valence-electron chi connectivity index (χ4n) is 4.45. The number of ether oxygens (including phenoxy) is 2. The van der Waals surface area contributed by atoms with Gasteiger partial charge in [0.15, 0.2) is 0 Å². The minimum Gasteiger partial charge on any atom is -0.465 e. The molecule has 3 atom stereocenters. The van der Waals surface area contributed by atoms with E-state index in [2.05, 4.69) is 12.1 Å². The summed E-state index contributed by atoms with van der Waals surface area (Å²) < 4.78 is 10.4. The molecule has 0 saturated carbocycles. The Labute approximate surface area is 201 Å². The molecule has 2 aromatic carbocycles. The maximum absolute atomic E-state index is 13.1. The lowest BCUT2D eigenvalue weighted by Gasteiger charge is -2.38. The van der Waals surface area contributed by atoms with Gasteiger partial charge in [0.1, 0.15) is 12.1 Å². The van der Waals surface area contributed by atoms with Crippen molar-refractivity contribution >= 4 is 17.9 Å². The van der Waals surface area contributed by atoms with E-state index in [1.807, 2.05) is 47.4 Å². The number of hydrogen-bond donors (Lipinski definition) is 1. The summed E-state index contributed by atoms with van der Waals surface area (Å²) in [5.41, 5.74) is 9.14. The van der Waals surface area contributed by atoms with Gasteiger partial charge in [-0.25, -0.2) is 4.79 Å². The molecule has 34 heavy (non-hydrogen) atoms. The highest BCUT2D eigenvalue weighted by atomic mass is 16.6. The lowest BCUT2D eigenvalue weighted by molar-refractivity contribution is -0.163. The van der Waals surface area contributed by atoms with Crippen LogP contribution in [0.2, 0.25) is 0 Å². The van der Waals surface area contributed by atoms with E-state index in [4.69, 9.17) is 15.2 Å². The van der Waals surface area contributed by atoms with Crippen molar-refractivity contribution in [2.24, 2.45) is 5.73 Å². The fourth-order valence-corrected chi connectivity index (χ4v) is 4.45. The molecule has 1 aliphatic rings. The van der Waals surface area contributed by atoms with Gasteiger partial charge in [-0.15, -0.1) is 0 Å². The van der Waals surface area contributed by atoms with Crippen molar-refractivity contribution < 1.29 is 23.9 Å². The van der Waals surface area contributed by atoms with Gasteiger partial charge in [-0.3, -0.25) is 14.5 Å². The van der Waals surface area contributed by atoms with E-state index in [9.17, 15) is 14.4 Å². The molecule has 0 heterocycles. The van der Waals surface area contributed by atoms with Gasteiger partial charge < -0.3 is 15.2 Å². The number of aryl methyl sites for hydroxylation is 2. The van der Waals surface area contributed by atoms with Crippen LogP contribution in [0.25, 0.3) is 0 Å². The van der Waals surface area contributed by atoms with Crippen LogP contribution >= 0.6 is 0 Å². The van der Waals surface area contributed by atoms with Crippen LogP contribution in [0.3, 0.4) is 0 Å². The van der Waals surface area contributed by atoms with Gasteiger partial charge in [-0.05, 0) is 62.6 Å². The van der Waals surface area contributed by atoms with Crippen LogP contribution < -0.4 is 5.73 Å². The molecule has 0 aliphatic heterocycles. The van der Waals surface area contributed by atoms with Gasteiger partial charge in [-0.1, -0.05) is 54.6 Å². The molecule has 3 rings (SSSR count). The number of fused-ring (bicyclic) bond motifs is 1. The van der Waals surface area contributed by atoms with Crippen LogP contribution in [0, 0.1) is 0 Å². The Bertz CT molecular complexity index is 976. The molecular formula is C27H34N2O5. The second-order valence-electron chi connectivity index (χ2n) is 8.71. The lowest BCUT2D eigenvalue weighted by atomic mass is 9.86. The maximum atomic E-state index is 13.1. The number of carbonyl (C=O) groups excluding carboxylic acids is 3. The molecule has 0 saturated heterocycles. The summed E-state index contributed by atoms with van der Waals surface area (Å²) >= 11 is 0. The summed E-state index contributed by atoms with van der Waals surface area (Å²) in [6, 6.07) is 16.5. The van der Waals surface area contributed by atoms with E-state index in [1.165, 1.54) is 18.1 Å².